The van der Waals surface area contributed by atoms with Crippen LogP contribution in [-0.2, 0) is 23.4 Å². The summed E-state index contributed by atoms with van der Waals surface area (Å²) in [6.07, 6.45) is 7.15. The highest BCUT2D eigenvalue weighted by Crippen LogP contribution is 2.43. The Bertz CT molecular complexity index is 593. The molecule has 3 aliphatic rings. The Balaban J connectivity index is 1.75. The Kier molecular flexibility index (Phi) is 7.26. The number of aliphatic carboxylic acids is 1. The number of hydrogen-bond acceptors (Lipinski definition) is 5. The predicted octanol–water partition coefficient (Wildman–Crippen LogP) is 4.35. The SMILES string of the molecule is CC(C)(C)[Si](C)(C)OC[C@@H]1[C@H]2C=CC[C@H](C(=O)O)O[C@H]2C[C@H]1OC1CCCCO1. The summed E-state index contributed by atoms with van der Waals surface area (Å²) < 4.78 is 24.8. The van der Waals surface area contributed by atoms with Gasteiger partial charge in [0.25, 0.3) is 0 Å². The molecule has 2 aliphatic heterocycles. The van der Waals surface area contributed by atoms with Crippen LogP contribution >= 0.6 is 0 Å². The highest BCUT2D eigenvalue weighted by molar-refractivity contribution is 6.74. The molecule has 6 atom stereocenters. The van der Waals surface area contributed by atoms with Crippen molar-refractivity contribution in [2.24, 2.45) is 11.8 Å². The van der Waals surface area contributed by atoms with E-state index in [1.807, 2.05) is 6.08 Å². The number of rotatable bonds is 6. The molecule has 1 unspecified atom stereocenters. The Hall–Kier alpha value is -0.733. The first-order chi connectivity index (χ1) is 13.6. The van der Waals surface area contributed by atoms with Gasteiger partial charge in [-0.05, 0) is 37.4 Å². The average molecular weight is 427 g/mol. The number of carbonyl (C=O) groups is 1. The van der Waals surface area contributed by atoms with Crippen molar-refractivity contribution in [1.29, 1.82) is 0 Å². The molecule has 0 bridgehead atoms. The van der Waals surface area contributed by atoms with Crippen LogP contribution < -0.4 is 0 Å². The van der Waals surface area contributed by atoms with E-state index in [2.05, 4.69) is 39.9 Å². The molecule has 0 aromatic carbocycles. The number of fused-ring (bicyclic) bond motifs is 1. The third kappa shape index (κ3) is 5.50. The minimum Gasteiger partial charge on any atom is -0.479 e. The largest absolute Gasteiger partial charge is 0.479 e. The minimum absolute atomic E-state index is 0.0462. The van der Waals surface area contributed by atoms with Crippen molar-refractivity contribution in [3.63, 3.8) is 0 Å². The number of ether oxygens (including phenoxy) is 3. The van der Waals surface area contributed by atoms with E-state index in [1.54, 1.807) is 0 Å². The number of carboxylic acids is 1. The molecule has 0 radical (unpaired) electrons. The van der Waals surface area contributed by atoms with E-state index in [4.69, 9.17) is 18.6 Å². The molecular weight excluding hydrogens is 388 g/mol. The van der Waals surface area contributed by atoms with Gasteiger partial charge in [0.05, 0.1) is 12.2 Å². The minimum atomic E-state index is -1.90. The van der Waals surface area contributed by atoms with E-state index in [0.29, 0.717) is 19.4 Å². The van der Waals surface area contributed by atoms with Gasteiger partial charge in [0.2, 0.25) is 0 Å². The van der Waals surface area contributed by atoms with Crippen molar-refractivity contribution in [3.05, 3.63) is 12.2 Å². The Labute approximate surface area is 176 Å². The second-order valence-corrected chi connectivity index (χ2v) is 15.0. The average Bonchev–Trinajstić information content (AvgIpc) is 2.81. The molecule has 1 saturated heterocycles. The van der Waals surface area contributed by atoms with E-state index in [-0.39, 0.29) is 35.4 Å². The summed E-state index contributed by atoms with van der Waals surface area (Å²) in [5.41, 5.74) is 0. The Morgan fingerprint density at radius 2 is 2.03 bits per heavy atom. The van der Waals surface area contributed by atoms with E-state index < -0.39 is 20.4 Å². The van der Waals surface area contributed by atoms with Crippen molar-refractivity contribution < 1.29 is 28.5 Å². The van der Waals surface area contributed by atoms with Crippen LogP contribution in [0.5, 0.6) is 0 Å². The van der Waals surface area contributed by atoms with Gasteiger partial charge in [-0.1, -0.05) is 32.9 Å². The maximum atomic E-state index is 11.5. The van der Waals surface area contributed by atoms with Crippen LogP contribution in [0.15, 0.2) is 12.2 Å². The van der Waals surface area contributed by atoms with E-state index in [0.717, 1.165) is 25.9 Å². The standard InChI is InChI=1S/C22H38O6Si/c1-22(2,3)29(4,5)26-14-16-15-9-8-10-17(21(23)24)27-18(15)13-19(16)28-20-11-6-7-12-25-20/h8-9,15-20H,6-7,10-14H2,1-5H3,(H,23,24)/t15-,16-,17-,18+,19-,20?/m1/s1. The molecule has 0 aromatic heterocycles. The summed E-state index contributed by atoms with van der Waals surface area (Å²) in [5, 5.41) is 9.58. The molecule has 2 fully saturated rings. The van der Waals surface area contributed by atoms with Gasteiger partial charge in [0, 0.05) is 37.9 Å². The van der Waals surface area contributed by atoms with Gasteiger partial charge in [0.1, 0.15) is 0 Å². The quantitative estimate of drug-likeness (QED) is 0.503. The van der Waals surface area contributed by atoms with Gasteiger partial charge in [0.15, 0.2) is 20.7 Å². The summed E-state index contributed by atoms with van der Waals surface area (Å²) in [7, 11) is -1.90. The van der Waals surface area contributed by atoms with Gasteiger partial charge in [-0.2, -0.15) is 0 Å². The van der Waals surface area contributed by atoms with Gasteiger partial charge >= 0.3 is 5.97 Å². The first-order valence-corrected chi connectivity index (χ1v) is 14.0. The third-order valence-corrected chi connectivity index (χ3v) is 11.6. The molecule has 1 aliphatic carbocycles. The first-order valence-electron chi connectivity index (χ1n) is 11.0. The molecule has 29 heavy (non-hydrogen) atoms. The fourth-order valence-corrected chi connectivity index (χ4v) is 5.23. The monoisotopic (exact) mass is 426 g/mol. The molecule has 0 aromatic rings. The maximum Gasteiger partial charge on any atom is 0.333 e. The van der Waals surface area contributed by atoms with Crippen LogP contribution in [0.1, 0.15) is 52.9 Å². The maximum absolute atomic E-state index is 11.5. The lowest BCUT2D eigenvalue weighted by atomic mass is 9.94. The van der Waals surface area contributed by atoms with Crippen molar-refractivity contribution in [3.8, 4) is 0 Å². The highest BCUT2D eigenvalue weighted by atomic mass is 28.4. The van der Waals surface area contributed by atoms with E-state index >= 15 is 0 Å². The zero-order valence-electron chi connectivity index (χ0n) is 18.6. The van der Waals surface area contributed by atoms with Gasteiger partial charge < -0.3 is 23.7 Å². The molecule has 166 valence electrons. The highest BCUT2D eigenvalue weighted by Gasteiger charge is 2.48. The summed E-state index contributed by atoms with van der Waals surface area (Å²) in [6.45, 7) is 12.6. The Morgan fingerprint density at radius 1 is 1.28 bits per heavy atom. The summed E-state index contributed by atoms with van der Waals surface area (Å²) in [6, 6.07) is 0. The van der Waals surface area contributed by atoms with Gasteiger partial charge in [-0.15, -0.1) is 0 Å². The summed E-state index contributed by atoms with van der Waals surface area (Å²) in [5.74, 6) is -0.648. The zero-order valence-corrected chi connectivity index (χ0v) is 19.6. The fourth-order valence-electron chi connectivity index (χ4n) is 4.19. The number of carboxylic acid groups (broad SMARTS) is 1. The summed E-state index contributed by atoms with van der Waals surface area (Å²) in [4.78, 5) is 11.5. The smallest absolute Gasteiger partial charge is 0.333 e. The molecule has 2 heterocycles. The molecular formula is C22H38O6Si. The second kappa shape index (κ2) is 9.18. The molecule has 1 N–H and O–H groups in total. The topological polar surface area (TPSA) is 74.2 Å². The van der Waals surface area contributed by atoms with Crippen molar-refractivity contribution in [1.82, 2.24) is 0 Å². The van der Waals surface area contributed by atoms with Crippen LogP contribution in [-0.4, -0.2) is 57.2 Å². The molecule has 0 spiro atoms. The normalized spacial score (nSPS) is 35.9. The van der Waals surface area contributed by atoms with Crippen LogP contribution in [0.25, 0.3) is 0 Å². The number of hydrogen-bond donors (Lipinski definition) is 1. The second-order valence-electron chi connectivity index (χ2n) is 10.2. The third-order valence-electron chi connectivity index (χ3n) is 7.10. The molecule has 7 heteroatoms. The van der Waals surface area contributed by atoms with Crippen molar-refractivity contribution >= 4 is 14.3 Å². The molecule has 1 saturated carbocycles. The van der Waals surface area contributed by atoms with Crippen LogP contribution in [0.2, 0.25) is 18.1 Å². The lowest BCUT2D eigenvalue weighted by Crippen LogP contribution is -2.44. The zero-order chi connectivity index (χ0) is 21.2. The lowest BCUT2D eigenvalue weighted by Gasteiger charge is -2.38. The van der Waals surface area contributed by atoms with Crippen LogP contribution in [0.3, 0.4) is 0 Å². The lowest BCUT2D eigenvalue weighted by molar-refractivity contribution is -0.198. The van der Waals surface area contributed by atoms with Crippen LogP contribution in [0, 0.1) is 11.8 Å². The van der Waals surface area contributed by atoms with Crippen molar-refractivity contribution in [2.75, 3.05) is 13.2 Å². The molecule has 3 rings (SSSR count). The van der Waals surface area contributed by atoms with Crippen LogP contribution in [0.4, 0.5) is 0 Å². The van der Waals surface area contributed by atoms with Gasteiger partial charge in [-0.25, -0.2) is 4.79 Å². The predicted molar refractivity (Wildman–Crippen MR) is 113 cm³/mol. The first kappa shape index (κ1) is 22.9. The van der Waals surface area contributed by atoms with E-state index in [1.165, 1.54) is 0 Å². The van der Waals surface area contributed by atoms with E-state index in [9.17, 15) is 9.90 Å². The molecule has 6 nitrogen and oxygen atoms in total. The summed E-state index contributed by atoms with van der Waals surface area (Å²) >= 11 is 0. The molecule has 0 amide bonds. The van der Waals surface area contributed by atoms with Gasteiger partial charge in [-0.3, -0.25) is 0 Å². The fraction of sp³-hybridized carbons (Fsp3) is 0.864. The van der Waals surface area contributed by atoms with Crippen molar-refractivity contribution in [2.45, 2.75) is 95.6 Å². The Morgan fingerprint density at radius 3 is 2.66 bits per heavy atom.